The average Bonchev–Trinajstić information content (AvgIpc) is 3.74. The van der Waals surface area contributed by atoms with Gasteiger partial charge in [0.05, 0.1) is 10.8 Å². The van der Waals surface area contributed by atoms with Crippen molar-refractivity contribution in [1.29, 1.82) is 0 Å². The molecule has 14 aromatic carbocycles. The van der Waals surface area contributed by atoms with Crippen molar-refractivity contribution >= 4 is 43.1 Å². The molecule has 14 aromatic rings. The van der Waals surface area contributed by atoms with Crippen LogP contribution >= 0.6 is 0 Å². The Morgan fingerprint density at radius 1 is 0.167 bits per heavy atom. The van der Waals surface area contributed by atoms with Gasteiger partial charge in [0.15, 0.2) is 0 Å². The minimum atomic E-state index is -0.470. The molecule has 358 valence electrons. The van der Waals surface area contributed by atoms with E-state index in [4.69, 9.17) is 0 Å². The summed E-state index contributed by atoms with van der Waals surface area (Å²) >= 11 is 0. The number of hydrogen-bond acceptors (Lipinski definition) is 0. The van der Waals surface area contributed by atoms with Gasteiger partial charge in [0.25, 0.3) is 0 Å². The average molecular weight is 983 g/mol. The molecule has 0 aliphatic heterocycles. The van der Waals surface area contributed by atoms with Crippen LogP contribution in [0, 0.1) is 0 Å². The predicted molar refractivity (Wildman–Crippen MR) is 325 cm³/mol. The highest BCUT2D eigenvalue weighted by molar-refractivity contribution is 6.27. The van der Waals surface area contributed by atoms with E-state index in [9.17, 15) is 0 Å². The zero-order valence-electron chi connectivity index (χ0n) is 42.6. The van der Waals surface area contributed by atoms with Crippen LogP contribution in [0.1, 0.15) is 44.5 Å². The molecule has 2 spiro atoms. The number of fused-ring (bicyclic) bond motifs is 25. The first-order valence-electron chi connectivity index (χ1n) is 27.5. The van der Waals surface area contributed by atoms with E-state index in [1.807, 2.05) is 0 Å². The Balaban J connectivity index is 0.980. The fourth-order valence-corrected chi connectivity index (χ4v) is 15.7. The fourth-order valence-electron chi connectivity index (χ4n) is 15.7. The van der Waals surface area contributed by atoms with Crippen molar-refractivity contribution < 1.29 is 0 Å². The van der Waals surface area contributed by atoms with Gasteiger partial charge in [0.1, 0.15) is 0 Å². The Bertz CT molecular complexity index is 4850. The van der Waals surface area contributed by atoms with Gasteiger partial charge in [0.2, 0.25) is 0 Å². The summed E-state index contributed by atoms with van der Waals surface area (Å²) in [6, 6.07) is 107. The highest BCUT2D eigenvalue weighted by Crippen LogP contribution is 2.65. The number of rotatable bonds is 3. The first-order valence-corrected chi connectivity index (χ1v) is 27.5. The first kappa shape index (κ1) is 42.4. The van der Waals surface area contributed by atoms with Gasteiger partial charge in [-0.1, -0.05) is 249 Å². The molecular weight excluding hydrogens is 937 g/mol. The monoisotopic (exact) mass is 982 g/mol. The zero-order chi connectivity index (χ0) is 50.8. The quantitative estimate of drug-likeness (QED) is 0.122. The van der Waals surface area contributed by atoms with E-state index in [1.165, 1.54) is 165 Å². The van der Waals surface area contributed by atoms with Crippen molar-refractivity contribution in [3.8, 4) is 77.9 Å². The molecule has 0 fully saturated rings. The third-order valence-corrected chi connectivity index (χ3v) is 18.7. The van der Waals surface area contributed by atoms with Crippen LogP contribution in [-0.4, -0.2) is 0 Å². The molecule has 0 heteroatoms. The molecule has 78 heavy (non-hydrogen) atoms. The summed E-state index contributed by atoms with van der Waals surface area (Å²) in [5.74, 6) is 0. The molecule has 0 N–H and O–H groups in total. The second-order valence-corrected chi connectivity index (χ2v) is 22.0. The van der Waals surface area contributed by atoms with Crippen LogP contribution in [0.4, 0.5) is 0 Å². The van der Waals surface area contributed by atoms with Crippen LogP contribution in [0.3, 0.4) is 0 Å². The molecule has 0 radical (unpaired) electrons. The van der Waals surface area contributed by atoms with E-state index in [1.54, 1.807) is 0 Å². The first-order chi connectivity index (χ1) is 38.7. The van der Waals surface area contributed by atoms with E-state index in [0.717, 1.165) is 0 Å². The van der Waals surface area contributed by atoms with Crippen molar-refractivity contribution in [3.05, 3.63) is 324 Å². The Kier molecular flexibility index (Phi) is 8.35. The molecule has 4 aliphatic rings. The van der Waals surface area contributed by atoms with E-state index >= 15 is 0 Å². The summed E-state index contributed by atoms with van der Waals surface area (Å²) in [5.41, 5.74) is 27.8. The SMILES string of the molecule is c1ccc(-c2cc3ccccc3c3cc4c(-c5ccc6c(c5)C5(c7ccccc7-c7ccccc75)c5ccccc5-6)c5ccccc5c(-c5ccc6c(c5)C5(c7ccccc7-c7ccccc75)c5ccccc5-6)c4cc23)cc1. The summed E-state index contributed by atoms with van der Waals surface area (Å²) in [7, 11) is 0. The lowest BCUT2D eigenvalue weighted by Gasteiger charge is -2.31. The summed E-state index contributed by atoms with van der Waals surface area (Å²) in [6.45, 7) is 0. The van der Waals surface area contributed by atoms with Gasteiger partial charge in [-0.2, -0.15) is 0 Å². The lowest BCUT2D eigenvalue weighted by atomic mass is 9.70. The Morgan fingerprint density at radius 2 is 0.500 bits per heavy atom. The van der Waals surface area contributed by atoms with E-state index in [2.05, 4.69) is 279 Å². The smallest absolute Gasteiger partial charge is 0.0622 e. The van der Waals surface area contributed by atoms with Gasteiger partial charge in [0, 0.05) is 0 Å². The predicted octanol–water partition coefficient (Wildman–Crippen LogP) is 20.0. The maximum absolute atomic E-state index is 2.59. The van der Waals surface area contributed by atoms with Crippen LogP contribution in [0.25, 0.3) is 121 Å². The summed E-state index contributed by atoms with van der Waals surface area (Å²) in [4.78, 5) is 0. The Labute approximate surface area is 452 Å². The molecular formula is C78H46. The van der Waals surface area contributed by atoms with Crippen LogP contribution < -0.4 is 0 Å². The normalized spacial score (nSPS) is 14.1. The van der Waals surface area contributed by atoms with Crippen molar-refractivity contribution in [2.45, 2.75) is 10.8 Å². The van der Waals surface area contributed by atoms with Crippen LogP contribution in [0.2, 0.25) is 0 Å². The van der Waals surface area contributed by atoms with Gasteiger partial charge in [-0.3, -0.25) is 0 Å². The van der Waals surface area contributed by atoms with Gasteiger partial charge < -0.3 is 0 Å². The maximum Gasteiger partial charge on any atom is 0.0725 e. The van der Waals surface area contributed by atoms with Crippen LogP contribution in [0.5, 0.6) is 0 Å². The second-order valence-electron chi connectivity index (χ2n) is 22.0. The third kappa shape index (κ3) is 5.20. The highest BCUT2D eigenvalue weighted by atomic mass is 14.5. The van der Waals surface area contributed by atoms with Gasteiger partial charge in [-0.25, -0.2) is 0 Å². The minimum absolute atomic E-state index is 0.469. The molecule has 0 amide bonds. The van der Waals surface area contributed by atoms with E-state index < -0.39 is 10.8 Å². The second kappa shape index (κ2) is 15.4. The molecule has 18 rings (SSSR count). The lowest BCUT2D eigenvalue weighted by Crippen LogP contribution is -2.25. The minimum Gasteiger partial charge on any atom is -0.0622 e. The molecule has 0 atom stereocenters. The van der Waals surface area contributed by atoms with Gasteiger partial charge >= 0.3 is 0 Å². The largest absolute Gasteiger partial charge is 0.0725 e. The molecule has 0 saturated heterocycles. The van der Waals surface area contributed by atoms with Gasteiger partial charge in [-0.05, 0) is 196 Å². The standard InChI is InChI=1S/C78H46/c1-2-20-47(21-3-1)62-42-48-22-4-5-23-51(48)63-45-65-66(46-64(62)63)76(50-39-41-59-57-29-13-19-37-72(57)78(74(59)44-50)69-34-16-10-26-54(69)55-27-11-17-35-70(55)78)61-31-7-6-30-60(61)75(65)49-38-40-58-56-28-12-18-36-71(56)77(73(58)43-49)67-32-14-8-24-52(67)53-25-9-15-33-68(53)77/h1-46H. The highest BCUT2D eigenvalue weighted by Gasteiger charge is 2.53. The number of hydrogen-bond donors (Lipinski definition) is 0. The molecule has 0 nitrogen and oxygen atoms in total. The topological polar surface area (TPSA) is 0 Å². The molecule has 0 unspecified atom stereocenters. The molecule has 0 heterocycles. The maximum atomic E-state index is 2.59. The fraction of sp³-hybridized carbons (Fsp3) is 0.0256. The van der Waals surface area contributed by atoms with Crippen molar-refractivity contribution in [2.75, 3.05) is 0 Å². The van der Waals surface area contributed by atoms with Crippen molar-refractivity contribution in [2.24, 2.45) is 0 Å². The summed E-state index contributed by atoms with van der Waals surface area (Å²) in [5, 5.41) is 9.99. The molecule has 0 saturated carbocycles. The van der Waals surface area contributed by atoms with Crippen molar-refractivity contribution in [1.82, 2.24) is 0 Å². The van der Waals surface area contributed by atoms with E-state index in [-0.39, 0.29) is 0 Å². The lowest BCUT2D eigenvalue weighted by molar-refractivity contribution is 0.794. The molecule has 0 aromatic heterocycles. The number of benzene rings is 14. The third-order valence-electron chi connectivity index (χ3n) is 18.7. The van der Waals surface area contributed by atoms with Crippen LogP contribution in [-0.2, 0) is 10.8 Å². The summed E-state index contributed by atoms with van der Waals surface area (Å²) < 4.78 is 0. The van der Waals surface area contributed by atoms with E-state index in [0.29, 0.717) is 0 Å². The molecule has 0 bridgehead atoms. The zero-order valence-corrected chi connectivity index (χ0v) is 42.6. The Hall–Kier alpha value is -9.88. The van der Waals surface area contributed by atoms with Crippen molar-refractivity contribution in [3.63, 3.8) is 0 Å². The van der Waals surface area contributed by atoms with Crippen LogP contribution in [0.15, 0.2) is 279 Å². The molecule has 4 aliphatic carbocycles. The summed E-state index contributed by atoms with van der Waals surface area (Å²) in [6.07, 6.45) is 0. The van der Waals surface area contributed by atoms with Gasteiger partial charge in [-0.15, -0.1) is 0 Å². The Morgan fingerprint density at radius 3 is 0.923 bits per heavy atom.